The average Bonchev–Trinajstić information content (AvgIpc) is 2.06. The van der Waals surface area contributed by atoms with Crippen LogP contribution in [0.5, 0.6) is 0 Å². The van der Waals surface area contributed by atoms with Crippen LogP contribution >= 0.6 is 0 Å². The molecular formula is C11H16O. The van der Waals surface area contributed by atoms with Gasteiger partial charge in [-0.3, -0.25) is 4.79 Å². The van der Waals surface area contributed by atoms with Crippen molar-refractivity contribution < 1.29 is 4.79 Å². The molecule has 2 aliphatic carbocycles. The number of hydrogen-bond acceptors (Lipinski definition) is 1. The van der Waals surface area contributed by atoms with Crippen LogP contribution < -0.4 is 0 Å². The van der Waals surface area contributed by atoms with Gasteiger partial charge in [0.25, 0.3) is 0 Å². The van der Waals surface area contributed by atoms with E-state index in [0.29, 0.717) is 17.1 Å². The Kier molecular flexibility index (Phi) is 1.82. The van der Waals surface area contributed by atoms with E-state index in [0.717, 1.165) is 25.7 Å². The summed E-state index contributed by atoms with van der Waals surface area (Å²) in [5.41, 5.74) is 0.447. The highest BCUT2D eigenvalue weighted by Gasteiger charge is 2.38. The fourth-order valence-electron chi connectivity index (χ4n) is 2.50. The second kappa shape index (κ2) is 2.72. The minimum absolute atomic E-state index is 0.447. The smallest absolute Gasteiger partial charge is 0.133 e. The van der Waals surface area contributed by atoms with Crippen LogP contribution in [0.1, 0.15) is 39.0 Å². The van der Waals surface area contributed by atoms with E-state index in [-0.39, 0.29) is 0 Å². The van der Waals surface area contributed by atoms with Gasteiger partial charge in [0, 0.05) is 12.8 Å². The predicted molar refractivity (Wildman–Crippen MR) is 48.8 cm³/mol. The summed E-state index contributed by atoms with van der Waals surface area (Å²) >= 11 is 0. The van der Waals surface area contributed by atoms with Crippen molar-refractivity contribution in [3.63, 3.8) is 0 Å². The number of carbonyl (C=O) groups excluding carboxylic acids is 1. The highest BCUT2D eigenvalue weighted by molar-refractivity contribution is 5.79. The number of ketones is 1. The summed E-state index contributed by atoms with van der Waals surface area (Å²) in [5, 5.41) is 0. The minimum atomic E-state index is 0.447. The third-order valence-corrected chi connectivity index (χ3v) is 3.61. The zero-order valence-electron chi connectivity index (χ0n) is 7.68. The molecule has 0 aromatic rings. The normalized spacial score (nSPS) is 41.1. The lowest BCUT2D eigenvalue weighted by molar-refractivity contribution is -0.124. The molecule has 0 aromatic heterocycles. The predicted octanol–water partition coefficient (Wildman–Crippen LogP) is 2.71. The quantitative estimate of drug-likeness (QED) is 0.503. The Morgan fingerprint density at radius 3 is 3.17 bits per heavy atom. The van der Waals surface area contributed by atoms with Crippen LogP contribution in [0, 0.1) is 11.3 Å². The van der Waals surface area contributed by atoms with Gasteiger partial charge in [-0.15, -0.1) is 0 Å². The maximum Gasteiger partial charge on any atom is 0.133 e. The largest absolute Gasteiger partial charge is 0.300 e. The van der Waals surface area contributed by atoms with Crippen LogP contribution in [0.2, 0.25) is 0 Å². The Bertz CT molecular complexity index is 229. The first kappa shape index (κ1) is 8.03. The zero-order valence-corrected chi connectivity index (χ0v) is 7.68. The molecular weight excluding hydrogens is 148 g/mol. The number of hydrogen-bond donors (Lipinski definition) is 0. The molecule has 0 bridgehead atoms. The van der Waals surface area contributed by atoms with E-state index in [4.69, 9.17) is 0 Å². The van der Waals surface area contributed by atoms with Crippen molar-refractivity contribution in [2.24, 2.45) is 11.3 Å². The number of allylic oxidation sites excluding steroid dienone is 2. The van der Waals surface area contributed by atoms with Gasteiger partial charge in [0.05, 0.1) is 0 Å². The minimum Gasteiger partial charge on any atom is -0.300 e. The molecule has 0 aromatic carbocycles. The second-order valence-corrected chi connectivity index (χ2v) is 4.50. The fraction of sp³-hybridized carbons (Fsp3) is 0.727. The highest BCUT2D eigenvalue weighted by atomic mass is 16.1. The molecule has 0 spiro atoms. The van der Waals surface area contributed by atoms with E-state index in [1.807, 2.05) is 0 Å². The zero-order chi connectivity index (χ0) is 8.60. The molecule has 0 saturated heterocycles. The van der Waals surface area contributed by atoms with Gasteiger partial charge in [0.2, 0.25) is 0 Å². The van der Waals surface area contributed by atoms with Crippen LogP contribution in [0.4, 0.5) is 0 Å². The Morgan fingerprint density at radius 2 is 2.33 bits per heavy atom. The van der Waals surface area contributed by atoms with Gasteiger partial charge in [-0.1, -0.05) is 19.1 Å². The van der Waals surface area contributed by atoms with Gasteiger partial charge >= 0.3 is 0 Å². The maximum atomic E-state index is 11.2. The van der Waals surface area contributed by atoms with Crippen LogP contribution in [-0.2, 0) is 4.79 Å². The van der Waals surface area contributed by atoms with E-state index >= 15 is 0 Å². The summed E-state index contributed by atoms with van der Waals surface area (Å²) in [5.74, 6) is 1.12. The number of fused-ring (bicyclic) bond motifs is 1. The molecule has 2 rings (SSSR count). The highest BCUT2D eigenvalue weighted by Crippen LogP contribution is 2.46. The molecule has 1 nitrogen and oxygen atoms in total. The van der Waals surface area contributed by atoms with Gasteiger partial charge in [-0.05, 0) is 30.6 Å². The number of Topliss-reactive ketones (excluding diaryl/α,β-unsaturated/α-hetero) is 1. The fourth-order valence-corrected chi connectivity index (χ4v) is 2.50. The topological polar surface area (TPSA) is 17.1 Å². The van der Waals surface area contributed by atoms with Crippen LogP contribution in [0.3, 0.4) is 0 Å². The maximum absolute atomic E-state index is 11.2. The number of rotatable bonds is 0. The Morgan fingerprint density at radius 1 is 1.50 bits per heavy atom. The number of carbonyl (C=O) groups is 1. The molecule has 0 amide bonds. The first-order valence-corrected chi connectivity index (χ1v) is 4.87. The summed E-state index contributed by atoms with van der Waals surface area (Å²) in [6, 6.07) is 0. The SMILES string of the molecule is CC12CC=CCC1CC(=O)CC2. The van der Waals surface area contributed by atoms with Crippen LogP contribution in [-0.4, -0.2) is 5.78 Å². The lowest BCUT2D eigenvalue weighted by Crippen LogP contribution is -2.35. The summed E-state index contributed by atoms with van der Waals surface area (Å²) in [4.78, 5) is 11.2. The molecule has 2 unspecified atom stereocenters. The third-order valence-electron chi connectivity index (χ3n) is 3.61. The Labute approximate surface area is 73.8 Å². The lowest BCUT2D eigenvalue weighted by atomic mass is 9.62. The molecule has 1 fully saturated rings. The van der Waals surface area contributed by atoms with Gasteiger partial charge in [0.15, 0.2) is 0 Å². The summed E-state index contributed by atoms with van der Waals surface area (Å²) in [6.45, 7) is 2.34. The lowest BCUT2D eigenvalue weighted by Gasteiger charge is -2.42. The summed E-state index contributed by atoms with van der Waals surface area (Å²) < 4.78 is 0. The first-order valence-electron chi connectivity index (χ1n) is 4.87. The Balaban J connectivity index is 2.18. The van der Waals surface area contributed by atoms with E-state index in [1.54, 1.807) is 0 Å². The molecule has 0 heterocycles. The molecule has 12 heavy (non-hydrogen) atoms. The van der Waals surface area contributed by atoms with E-state index < -0.39 is 0 Å². The van der Waals surface area contributed by atoms with Gasteiger partial charge in [-0.2, -0.15) is 0 Å². The van der Waals surface area contributed by atoms with Gasteiger partial charge in [-0.25, -0.2) is 0 Å². The summed E-state index contributed by atoms with van der Waals surface area (Å²) in [6.07, 6.45) is 9.60. The van der Waals surface area contributed by atoms with Crippen LogP contribution in [0.25, 0.3) is 0 Å². The molecule has 0 radical (unpaired) electrons. The summed E-state index contributed by atoms with van der Waals surface area (Å²) in [7, 11) is 0. The second-order valence-electron chi connectivity index (χ2n) is 4.50. The molecule has 2 atom stereocenters. The molecule has 0 N–H and O–H groups in total. The molecule has 1 saturated carbocycles. The monoisotopic (exact) mass is 164 g/mol. The van der Waals surface area contributed by atoms with E-state index in [9.17, 15) is 4.79 Å². The molecule has 2 aliphatic rings. The van der Waals surface area contributed by atoms with Crippen molar-refractivity contribution in [3.05, 3.63) is 12.2 Å². The van der Waals surface area contributed by atoms with Crippen molar-refractivity contribution in [2.75, 3.05) is 0 Å². The Hall–Kier alpha value is -0.590. The van der Waals surface area contributed by atoms with Crippen molar-refractivity contribution in [1.82, 2.24) is 0 Å². The van der Waals surface area contributed by atoms with Gasteiger partial charge in [0.1, 0.15) is 5.78 Å². The van der Waals surface area contributed by atoms with E-state index in [1.165, 1.54) is 6.42 Å². The van der Waals surface area contributed by atoms with E-state index in [2.05, 4.69) is 19.1 Å². The standard InChI is InChI=1S/C11H16O/c1-11-6-3-2-4-9(11)8-10(12)5-7-11/h2-3,9H,4-8H2,1H3. The van der Waals surface area contributed by atoms with Gasteiger partial charge < -0.3 is 0 Å². The molecule has 66 valence electrons. The third kappa shape index (κ3) is 1.21. The van der Waals surface area contributed by atoms with Crippen molar-refractivity contribution in [3.8, 4) is 0 Å². The molecule has 1 heteroatoms. The van der Waals surface area contributed by atoms with Crippen LogP contribution in [0.15, 0.2) is 12.2 Å². The first-order chi connectivity index (χ1) is 5.71. The van der Waals surface area contributed by atoms with Crippen molar-refractivity contribution >= 4 is 5.78 Å². The van der Waals surface area contributed by atoms with Crippen molar-refractivity contribution in [2.45, 2.75) is 39.0 Å². The average molecular weight is 164 g/mol. The molecule has 0 aliphatic heterocycles. The van der Waals surface area contributed by atoms with Crippen molar-refractivity contribution in [1.29, 1.82) is 0 Å².